The molecule has 9 heteroatoms. The van der Waals surface area contributed by atoms with Crippen LogP contribution in [0.4, 0.5) is 11.4 Å². The Morgan fingerprint density at radius 3 is 2.85 bits per heavy atom. The van der Waals surface area contributed by atoms with Crippen LogP contribution in [0.25, 0.3) is 5.65 Å². The second kappa shape index (κ2) is 6.44. The quantitative estimate of drug-likeness (QED) is 0.708. The van der Waals surface area contributed by atoms with Gasteiger partial charge in [0, 0.05) is 18.9 Å². The highest BCUT2D eigenvalue weighted by Gasteiger charge is 2.24. The van der Waals surface area contributed by atoms with Crippen LogP contribution < -0.4 is 15.0 Å². The summed E-state index contributed by atoms with van der Waals surface area (Å²) in [7, 11) is 1.66. The number of carbonyl (C=O) groups is 2. The van der Waals surface area contributed by atoms with E-state index in [9.17, 15) is 9.59 Å². The topological polar surface area (TPSA) is 75.9 Å². The molecule has 0 bridgehead atoms. The van der Waals surface area contributed by atoms with Gasteiger partial charge in [0.25, 0.3) is 11.8 Å². The van der Waals surface area contributed by atoms with Crippen molar-refractivity contribution in [3.8, 4) is 5.75 Å². The zero-order chi connectivity index (χ0) is 19.3. The molecule has 0 unspecified atom stereocenters. The molecule has 0 saturated heterocycles. The average molecular weight is 405 g/mol. The van der Waals surface area contributed by atoms with Crippen LogP contribution in [0.3, 0.4) is 0 Å². The lowest BCUT2D eigenvalue weighted by molar-refractivity contribution is -0.120. The van der Waals surface area contributed by atoms with Gasteiger partial charge in [-0.05, 0) is 31.2 Å². The summed E-state index contributed by atoms with van der Waals surface area (Å²) in [6.45, 7) is 1.72. The van der Waals surface area contributed by atoms with Crippen LogP contribution in [-0.4, -0.2) is 34.9 Å². The molecule has 0 aliphatic carbocycles. The van der Waals surface area contributed by atoms with Crippen molar-refractivity contribution in [1.82, 2.24) is 9.38 Å². The molecule has 0 atom stereocenters. The maximum Gasteiger partial charge on any atom is 0.274 e. The van der Waals surface area contributed by atoms with Crippen molar-refractivity contribution in [2.24, 2.45) is 0 Å². The molecule has 2 amide bonds. The third-order valence-corrected chi connectivity index (χ3v) is 4.82. The van der Waals surface area contributed by atoms with Crippen LogP contribution in [0, 0.1) is 6.92 Å². The Kier molecular flexibility index (Phi) is 4.20. The lowest BCUT2D eigenvalue weighted by Gasteiger charge is -2.26. The summed E-state index contributed by atoms with van der Waals surface area (Å²) in [5.74, 6) is 0.0523. The van der Waals surface area contributed by atoms with E-state index in [1.165, 1.54) is 4.90 Å². The minimum Gasteiger partial charge on any atom is -0.482 e. The smallest absolute Gasteiger partial charge is 0.274 e. The molecule has 1 N–H and O–H groups in total. The molecule has 2 aromatic heterocycles. The monoisotopic (exact) mass is 404 g/mol. The van der Waals surface area contributed by atoms with E-state index in [1.54, 1.807) is 48.8 Å². The molecule has 0 fully saturated rings. The normalized spacial score (nSPS) is 13.5. The molecule has 0 spiro atoms. The van der Waals surface area contributed by atoms with Crippen molar-refractivity contribution in [3.05, 3.63) is 51.9 Å². The molecule has 1 aliphatic heterocycles. The summed E-state index contributed by atoms with van der Waals surface area (Å²) >= 11 is 12.2. The number of nitrogens with zero attached hydrogens (tertiary/aromatic N) is 3. The number of amides is 2. The Morgan fingerprint density at radius 2 is 2.07 bits per heavy atom. The van der Waals surface area contributed by atoms with E-state index in [1.807, 2.05) is 0 Å². The molecule has 7 nitrogen and oxygen atoms in total. The second-order valence-corrected chi connectivity index (χ2v) is 6.97. The number of likely N-dealkylation sites (N-methyl/N-ethyl adjacent to an activating group) is 1. The number of aromatic nitrogens is 2. The van der Waals surface area contributed by atoms with Crippen LogP contribution in [0.5, 0.6) is 5.75 Å². The van der Waals surface area contributed by atoms with Crippen molar-refractivity contribution < 1.29 is 14.3 Å². The van der Waals surface area contributed by atoms with E-state index in [-0.39, 0.29) is 18.4 Å². The van der Waals surface area contributed by atoms with E-state index >= 15 is 0 Å². The largest absolute Gasteiger partial charge is 0.482 e. The molecule has 4 rings (SSSR count). The summed E-state index contributed by atoms with van der Waals surface area (Å²) in [5.41, 5.74) is 2.40. The van der Waals surface area contributed by atoms with Gasteiger partial charge in [-0.3, -0.25) is 14.0 Å². The Labute approximate surface area is 164 Å². The number of benzene rings is 1. The van der Waals surface area contributed by atoms with Gasteiger partial charge in [0.2, 0.25) is 0 Å². The highest BCUT2D eigenvalue weighted by molar-refractivity contribution is 6.36. The third-order valence-electron chi connectivity index (χ3n) is 4.33. The van der Waals surface area contributed by atoms with Gasteiger partial charge in [0.1, 0.15) is 11.4 Å². The van der Waals surface area contributed by atoms with Gasteiger partial charge in [-0.1, -0.05) is 23.2 Å². The summed E-state index contributed by atoms with van der Waals surface area (Å²) in [6, 6.07) is 6.67. The molecule has 27 heavy (non-hydrogen) atoms. The van der Waals surface area contributed by atoms with Gasteiger partial charge in [0.05, 0.1) is 21.4 Å². The Balaban J connectivity index is 1.71. The van der Waals surface area contributed by atoms with Crippen LogP contribution in [0.1, 0.15) is 16.2 Å². The molecule has 0 radical (unpaired) electrons. The predicted octanol–water partition coefficient (Wildman–Crippen LogP) is 3.56. The van der Waals surface area contributed by atoms with Crippen LogP contribution >= 0.6 is 23.2 Å². The van der Waals surface area contributed by atoms with E-state index in [4.69, 9.17) is 27.9 Å². The van der Waals surface area contributed by atoms with Gasteiger partial charge in [-0.25, -0.2) is 4.98 Å². The lowest BCUT2D eigenvalue weighted by atomic mass is 10.2. The Morgan fingerprint density at radius 1 is 1.30 bits per heavy atom. The summed E-state index contributed by atoms with van der Waals surface area (Å²) < 4.78 is 6.96. The van der Waals surface area contributed by atoms with Crippen LogP contribution in [-0.2, 0) is 4.79 Å². The number of imidazole rings is 1. The highest BCUT2D eigenvalue weighted by atomic mass is 35.5. The van der Waals surface area contributed by atoms with Crippen molar-refractivity contribution in [3.63, 3.8) is 0 Å². The molecule has 3 aromatic rings. The predicted molar refractivity (Wildman–Crippen MR) is 103 cm³/mol. The van der Waals surface area contributed by atoms with Crippen molar-refractivity contribution in [2.45, 2.75) is 6.92 Å². The number of ether oxygens (including phenoxy) is 1. The minimum absolute atomic E-state index is 0.00225. The fourth-order valence-electron chi connectivity index (χ4n) is 3.00. The summed E-state index contributed by atoms with van der Waals surface area (Å²) in [4.78, 5) is 30.5. The van der Waals surface area contributed by atoms with Crippen molar-refractivity contribution in [2.75, 3.05) is 23.9 Å². The molecular weight excluding hydrogens is 391 g/mol. The van der Waals surface area contributed by atoms with E-state index in [0.717, 1.165) is 0 Å². The van der Waals surface area contributed by atoms with Gasteiger partial charge < -0.3 is 15.0 Å². The number of hydrogen-bond donors (Lipinski definition) is 1. The number of rotatable bonds is 2. The highest BCUT2D eigenvalue weighted by Crippen LogP contribution is 2.34. The zero-order valence-electron chi connectivity index (χ0n) is 14.4. The number of carbonyl (C=O) groups excluding carboxylic acids is 2. The number of hydrogen-bond acceptors (Lipinski definition) is 4. The summed E-state index contributed by atoms with van der Waals surface area (Å²) in [5, 5.41) is 3.57. The fraction of sp³-hybridized carbons (Fsp3) is 0.167. The number of nitrogens with one attached hydrogen (secondary N) is 1. The van der Waals surface area contributed by atoms with Gasteiger partial charge in [-0.15, -0.1) is 0 Å². The average Bonchev–Trinajstić information content (AvgIpc) is 2.95. The number of halogens is 2. The first kappa shape index (κ1) is 17.6. The Bertz CT molecular complexity index is 1110. The van der Waals surface area contributed by atoms with E-state index in [2.05, 4.69) is 10.3 Å². The summed E-state index contributed by atoms with van der Waals surface area (Å²) in [6.07, 6.45) is 1.59. The first-order chi connectivity index (χ1) is 12.8. The van der Waals surface area contributed by atoms with Gasteiger partial charge in [-0.2, -0.15) is 0 Å². The number of fused-ring (bicyclic) bond motifs is 2. The minimum atomic E-state index is -0.371. The maximum absolute atomic E-state index is 12.9. The second-order valence-electron chi connectivity index (χ2n) is 6.12. The molecular formula is C18H14Cl2N4O3. The molecule has 3 heterocycles. The van der Waals surface area contributed by atoms with E-state index < -0.39 is 0 Å². The zero-order valence-corrected chi connectivity index (χ0v) is 15.9. The van der Waals surface area contributed by atoms with Crippen molar-refractivity contribution in [1.29, 1.82) is 0 Å². The van der Waals surface area contributed by atoms with Crippen LogP contribution in [0.2, 0.25) is 10.0 Å². The molecule has 138 valence electrons. The van der Waals surface area contributed by atoms with Crippen molar-refractivity contribution >= 4 is 52.0 Å². The SMILES string of the molecule is Cc1nc2c(Cl)cc(Cl)cn2c1C(=O)Nc1ccc2c(c1)N(C)C(=O)CO2. The van der Waals surface area contributed by atoms with Crippen LogP contribution in [0.15, 0.2) is 30.5 Å². The first-order valence-electron chi connectivity index (χ1n) is 8.03. The molecule has 1 aromatic carbocycles. The van der Waals surface area contributed by atoms with E-state index in [0.29, 0.717) is 44.2 Å². The number of anilines is 2. The fourth-order valence-corrected chi connectivity index (χ4v) is 3.51. The number of aryl methyl sites for hydroxylation is 1. The standard InChI is InChI=1S/C18H14Cl2N4O3/c1-9-16(24-7-10(19)5-12(20)17(24)21-9)18(26)22-11-3-4-14-13(6-11)23(2)15(25)8-27-14/h3-7H,8H2,1-2H3,(H,22,26). The van der Waals surface area contributed by atoms with Gasteiger partial charge >= 0.3 is 0 Å². The maximum atomic E-state index is 12.9. The third kappa shape index (κ3) is 2.98. The first-order valence-corrected chi connectivity index (χ1v) is 8.79. The number of pyridine rings is 1. The molecule has 0 saturated carbocycles. The van der Waals surface area contributed by atoms with Gasteiger partial charge in [0.15, 0.2) is 12.3 Å². The Hall–Kier alpha value is -2.77. The lowest BCUT2D eigenvalue weighted by Crippen LogP contribution is -2.35. The molecule has 1 aliphatic rings.